The first-order chi connectivity index (χ1) is 9.83. The van der Waals surface area contributed by atoms with Crippen molar-refractivity contribution in [3.8, 4) is 0 Å². The quantitative estimate of drug-likeness (QED) is 0.814. The first-order valence-corrected chi connectivity index (χ1v) is 7.65. The molecule has 2 nitrogen and oxygen atoms in total. The molecule has 20 heavy (non-hydrogen) atoms. The van der Waals surface area contributed by atoms with Crippen LogP contribution in [0.5, 0.6) is 0 Å². The van der Waals surface area contributed by atoms with Crippen molar-refractivity contribution >= 4 is 17.4 Å². The van der Waals surface area contributed by atoms with Gasteiger partial charge in [0.15, 0.2) is 0 Å². The zero-order chi connectivity index (χ0) is 13.8. The highest BCUT2D eigenvalue weighted by atomic mass is 35.5. The van der Waals surface area contributed by atoms with Crippen molar-refractivity contribution in [1.82, 2.24) is 4.98 Å². The van der Waals surface area contributed by atoms with Crippen molar-refractivity contribution in [2.75, 3.05) is 5.32 Å². The van der Waals surface area contributed by atoms with Crippen LogP contribution in [0.25, 0.3) is 0 Å². The summed E-state index contributed by atoms with van der Waals surface area (Å²) in [6.07, 6.45) is 5.01. The maximum atomic E-state index is 5.96. The van der Waals surface area contributed by atoms with Crippen LogP contribution in [0, 0.1) is 0 Å². The Hall–Kier alpha value is -1.54. The highest BCUT2D eigenvalue weighted by Gasteiger charge is 2.26. The molecule has 1 heterocycles. The van der Waals surface area contributed by atoms with E-state index in [1.54, 1.807) is 0 Å². The molecule has 0 aliphatic heterocycles. The smallest absolute Gasteiger partial charge is 0.131 e. The maximum absolute atomic E-state index is 5.96. The molecule has 0 bridgehead atoms. The number of nitrogens with zero attached hydrogens (tertiary/aromatic N) is 1. The minimum Gasteiger partial charge on any atom is -0.367 e. The Morgan fingerprint density at radius 2 is 1.75 bits per heavy atom. The lowest BCUT2D eigenvalue weighted by Gasteiger charge is -2.33. The molecule has 2 aromatic rings. The second kappa shape index (κ2) is 6.27. The van der Waals surface area contributed by atoms with Crippen molar-refractivity contribution in [1.29, 1.82) is 0 Å². The van der Waals surface area contributed by atoms with Crippen molar-refractivity contribution in [3.05, 3.63) is 59.2 Å². The molecule has 0 amide bonds. The van der Waals surface area contributed by atoms with Gasteiger partial charge in [-0.3, -0.25) is 0 Å². The highest BCUT2D eigenvalue weighted by Crippen LogP contribution is 2.34. The molecule has 1 aromatic carbocycles. The predicted molar refractivity (Wildman–Crippen MR) is 84.3 cm³/mol. The molecular weight excluding hydrogens is 268 g/mol. The second-order valence-corrected chi connectivity index (χ2v) is 5.79. The molecule has 104 valence electrons. The number of rotatable bonds is 3. The van der Waals surface area contributed by atoms with Gasteiger partial charge >= 0.3 is 0 Å². The van der Waals surface area contributed by atoms with E-state index in [0.717, 1.165) is 5.82 Å². The van der Waals surface area contributed by atoms with E-state index in [1.165, 1.54) is 31.2 Å². The number of pyridine rings is 1. The topological polar surface area (TPSA) is 24.9 Å². The summed E-state index contributed by atoms with van der Waals surface area (Å²) in [4.78, 5) is 4.35. The van der Waals surface area contributed by atoms with Crippen molar-refractivity contribution in [2.24, 2.45) is 0 Å². The van der Waals surface area contributed by atoms with Crippen molar-refractivity contribution in [3.63, 3.8) is 0 Å². The Bertz CT molecular complexity index is 556. The van der Waals surface area contributed by atoms with Crippen LogP contribution in [-0.2, 0) is 0 Å². The molecule has 1 aliphatic carbocycles. The van der Waals surface area contributed by atoms with E-state index in [4.69, 9.17) is 11.6 Å². The first kappa shape index (κ1) is 13.4. The number of hydrogen-bond acceptors (Lipinski definition) is 2. The average molecular weight is 287 g/mol. The number of anilines is 1. The minimum atomic E-state index is 0.442. The third kappa shape index (κ3) is 3.13. The Morgan fingerprint density at radius 3 is 2.55 bits per heavy atom. The van der Waals surface area contributed by atoms with Gasteiger partial charge in [0.2, 0.25) is 0 Å². The summed E-state index contributed by atoms with van der Waals surface area (Å²) in [7, 11) is 0. The molecule has 2 unspecified atom stereocenters. The van der Waals surface area contributed by atoms with Crippen LogP contribution >= 0.6 is 11.6 Å². The van der Waals surface area contributed by atoms with Gasteiger partial charge in [-0.1, -0.05) is 60.8 Å². The fourth-order valence-electron chi connectivity index (χ4n) is 3.08. The van der Waals surface area contributed by atoms with Crippen LogP contribution in [0.1, 0.15) is 37.2 Å². The summed E-state index contributed by atoms with van der Waals surface area (Å²) in [5.74, 6) is 1.44. The Labute approximate surface area is 125 Å². The molecule has 0 spiro atoms. The van der Waals surface area contributed by atoms with Gasteiger partial charge in [-0.05, 0) is 30.5 Å². The van der Waals surface area contributed by atoms with Gasteiger partial charge in [0.1, 0.15) is 11.0 Å². The van der Waals surface area contributed by atoms with E-state index in [9.17, 15) is 0 Å². The normalized spacial score (nSPS) is 22.4. The highest BCUT2D eigenvalue weighted by molar-refractivity contribution is 6.29. The number of hydrogen-bond donors (Lipinski definition) is 1. The summed E-state index contributed by atoms with van der Waals surface area (Å²) >= 11 is 5.96. The van der Waals surface area contributed by atoms with Gasteiger partial charge in [-0.25, -0.2) is 4.98 Å². The summed E-state index contributed by atoms with van der Waals surface area (Å²) in [5.41, 5.74) is 1.42. The lowest BCUT2D eigenvalue weighted by molar-refractivity contribution is 0.404. The van der Waals surface area contributed by atoms with Crippen molar-refractivity contribution < 1.29 is 0 Å². The molecule has 1 saturated carbocycles. The van der Waals surface area contributed by atoms with Gasteiger partial charge in [0.25, 0.3) is 0 Å². The van der Waals surface area contributed by atoms with Gasteiger partial charge < -0.3 is 5.32 Å². The number of benzene rings is 1. The van der Waals surface area contributed by atoms with E-state index in [-0.39, 0.29) is 0 Å². The van der Waals surface area contributed by atoms with Gasteiger partial charge in [-0.15, -0.1) is 0 Å². The average Bonchev–Trinajstić information content (AvgIpc) is 2.49. The molecule has 1 fully saturated rings. The fourth-order valence-corrected chi connectivity index (χ4v) is 3.25. The Morgan fingerprint density at radius 1 is 0.950 bits per heavy atom. The summed E-state index contributed by atoms with van der Waals surface area (Å²) < 4.78 is 0. The van der Waals surface area contributed by atoms with E-state index in [2.05, 4.69) is 40.6 Å². The monoisotopic (exact) mass is 286 g/mol. The minimum absolute atomic E-state index is 0.442. The summed E-state index contributed by atoms with van der Waals surface area (Å²) in [6.45, 7) is 0. The molecule has 0 radical (unpaired) electrons. The van der Waals surface area contributed by atoms with E-state index >= 15 is 0 Å². The molecule has 1 N–H and O–H groups in total. The molecule has 3 heteroatoms. The fraction of sp³-hybridized carbons (Fsp3) is 0.353. The van der Waals surface area contributed by atoms with Crippen molar-refractivity contribution in [2.45, 2.75) is 37.6 Å². The number of nitrogens with one attached hydrogen (secondary N) is 1. The molecule has 3 rings (SSSR count). The SMILES string of the molecule is Clc1cccc(NC2CCCCC2c2ccccc2)n1. The zero-order valence-corrected chi connectivity index (χ0v) is 12.2. The molecule has 1 aliphatic rings. The number of aromatic nitrogens is 1. The lowest BCUT2D eigenvalue weighted by Crippen LogP contribution is -2.31. The van der Waals surface area contributed by atoms with Gasteiger partial charge in [0, 0.05) is 12.0 Å². The third-order valence-electron chi connectivity index (χ3n) is 4.04. The molecule has 0 saturated heterocycles. The largest absolute Gasteiger partial charge is 0.367 e. The van der Waals surface area contributed by atoms with Crippen LogP contribution in [0.4, 0.5) is 5.82 Å². The zero-order valence-electron chi connectivity index (χ0n) is 11.4. The predicted octanol–water partition coefficient (Wildman–Crippen LogP) is 4.87. The standard InChI is InChI=1S/C17H19ClN2/c18-16-11-6-12-17(20-16)19-15-10-5-4-9-14(15)13-7-2-1-3-8-13/h1-3,6-8,11-12,14-15H,4-5,9-10H2,(H,19,20). The van der Waals surface area contributed by atoms with Gasteiger partial charge in [-0.2, -0.15) is 0 Å². The molecular formula is C17H19ClN2. The Kier molecular flexibility index (Phi) is 4.22. The molecule has 1 aromatic heterocycles. The van der Waals surface area contributed by atoms with Gasteiger partial charge in [0.05, 0.1) is 0 Å². The third-order valence-corrected chi connectivity index (χ3v) is 4.25. The van der Waals surface area contributed by atoms with Crippen LogP contribution in [0.15, 0.2) is 48.5 Å². The number of halogens is 1. The maximum Gasteiger partial charge on any atom is 0.131 e. The van der Waals surface area contributed by atoms with E-state index in [1.807, 2.05) is 18.2 Å². The van der Waals surface area contributed by atoms with Crippen LogP contribution < -0.4 is 5.32 Å². The summed E-state index contributed by atoms with van der Waals surface area (Å²) in [5, 5.41) is 4.12. The van der Waals surface area contributed by atoms with Crippen LogP contribution in [-0.4, -0.2) is 11.0 Å². The van der Waals surface area contributed by atoms with Crippen LogP contribution in [0.3, 0.4) is 0 Å². The van der Waals surface area contributed by atoms with E-state index < -0.39 is 0 Å². The van der Waals surface area contributed by atoms with Crippen LogP contribution in [0.2, 0.25) is 5.15 Å². The lowest BCUT2D eigenvalue weighted by atomic mass is 9.80. The second-order valence-electron chi connectivity index (χ2n) is 5.40. The van der Waals surface area contributed by atoms with E-state index in [0.29, 0.717) is 17.1 Å². The summed E-state index contributed by atoms with van der Waals surface area (Å²) in [6, 6.07) is 17.0. The molecule has 2 atom stereocenters. The first-order valence-electron chi connectivity index (χ1n) is 7.27. The Balaban J connectivity index is 1.79.